The van der Waals surface area contributed by atoms with Gasteiger partial charge in [-0.3, -0.25) is 4.57 Å². The van der Waals surface area contributed by atoms with Gasteiger partial charge in [0.2, 0.25) is 0 Å². The number of carbonyl (C=O) groups is 1. The molecule has 8 heteroatoms. The van der Waals surface area contributed by atoms with Gasteiger partial charge in [0, 0.05) is 0 Å². The molecule has 0 rings (SSSR count). The molecule has 7 nitrogen and oxygen atoms in total. The van der Waals surface area contributed by atoms with Gasteiger partial charge in [0.25, 0.3) is 0 Å². The average Bonchev–Trinajstić information content (AvgIpc) is 2.27. The maximum Gasteiger partial charge on any atom is 0.356 e. The first-order valence-electron chi connectivity index (χ1n) is 5.29. The van der Waals surface area contributed by atoms with Crippen molar-refractivity contribution in [2.45, 2.75) is 20.8 Å². The zero-order chi connectivity index (χ0) is 13.3. The lowest BCUT2D eigenvalue weighted by atomic mass is 10.4. The van der Waals surface area contributed by atoms with Crippen molar-refractivity contribution in [1.29, 1.82) is 0 Å². The highest BCUT2D eigenvalue weighted by Crippen LogP contribution is 2.47. The number of hydrogen-bond acceptors (Lipinski definition) is 7. The molecule has 0 aliphatic carbocycles. The number of carbonyl (C=O) groups excluding carboxylic acids is 1. The highest BCUT2D eigenvalue weighted by atomic mass is 31.2. The molecule has 0 heterocycles. The molecule has 0 fully saturated rings. The monoisotopic (exact) mass is 267 g/mol. The van der Waals surface area contributed by atoms with E-state index in [1.54, 1.807) is 20.8 Å². The lowest BCUT2D eigenvalue weighted by molar-refractivity contribution is -0.135. The van der Waals surface area contributed by atoms with Crippen LogP contribution < -0.4 is 0 Å². The van der Waals surface area contributed by atoms with Crippen molar-refractivity contribution in [3.05, 3.63) is 0 Å². The van der Waals surface area contributed by atoms with Gasteiger partial charge in [0.15, 0.2) is 5.71 Å². The summed E-state index contributed by atoms with van der Waals surface area (Å²) in [6, 6.07) is 0. The Morgan fingerprint density at radius 3 is 2.06 bits per heavy atom. The Balaban J connectivity index is 4.72. The summed E-state index contributed by atoms with van der Waals surface area (Å²) in [5.41, 5.74) is -0.378. The summed E-state index contributed by atoms with van der Waals surface area (Å²) in [5, 5.41) is 11.4. The first-order chi connectivity index (χ1) is 8.02. The summed E-state index contributed by atoms with van der Waals surface area (Å²) >= 11 is 0. The predicted octanol–water partition coefficient (Wildman–Crippen LogP) is 1.65. The van der Waals surface area contributed by atoms with Crippen LogP contribution in [-0.4, -0.2) is 42.9 Å². The summed E-state index contributed by atoms with van der Waals surface area (Å²) < 4.78 is 26.6. The molecular formula is C9H18NO6P. The Hall–Kier alpha value is -0.910. The van der Waals surface area contributed by atoms with Gasteiger partial charge >= 0.3 is 13.6 Å². The molecule has 0 amide bonds. The maximum atomic E-state index is 12.0. The Labute approximate surface area is 100 Å². The third-order valence-corrected chi connectivity index (χ3v) is 3.62. The summed E-state index contributed by atoms with van der Waals surface area (Å²) in [6.07, 6.45) is -0.413. The van der Waals surface area contributed by atoms with Crippen molar-refractivity contribution < 1.29 is 28.4 Å². The van der Waals surface area contributed by atoms with E-state index in [0.29, 0.717) is 0 Å². The SMILES string of the molecule is CCOC(=O)C(CP(=O)(OCC)OCC)=NO. The van der Waals surface area contributed by atoms with Crippen molar-refractivity contribution in [3.8, 4) is 0 Å². The standard InChI is InChI=1S/C9H18NO6P/c1-4-14-9(11)8(10-12)7-17(13,15-5-2)16-6-3/h12H,4-7H2,1-3H3. The van der Waals surface area contributed by atoms with Gasteiger partial charge in [-0.25, -0.2) is 4.79 Å². The Morgan fingerprint density at radius 1 is 1.18 bits per heavy atom. The molecule has 17 heavy (non-hydrogen) atoms. The zero-order valence-corrected chi connectivity index (χ0v) is 11.1. The first-order valence-corrected chi connectivity index (χ1v) is 7.01. The number of oxime groups is 1. The van der Waals surface area contributed by atoms with Crippen LogP contribution in [0.4, 0.5) is 0 Å². The molecule has 0 aromatic heterocycles. The molecule has 0 atom stereocenters. The fourth-order valence-electron chi connectivity index (χ4n) is 1.06. The van der Waals surface area contributed by atoms with Crippen molar-refractivity contribution >= 4 is 19.3 Å². The second kappa shape index (κ2) is 8.22. The second-order valence-corrected chi connectivity index (χ2v) is 4.93. The highest BCUT2D eigenvalue weighted by Gasteiger charge is 2.30. The third-order valence-electron chi connectivity index (χ3n) is 1.63. The van der Waals surface area contributed by atoms with E-state index in [9.17, 15) is 9.36 Å². The van der Waals surface area contributed by atoms with Crippen LogP contribution in [-0.2, 0) is 23.1 Å². The Bertz CT molecular complexity index is 307. The molecule has 0 aromatic carbocycles. The molecule has 0 saturated heterocycles. The van der Waals surface area contributed by atoms with Gasteiger partial charge in [-0.15, -0.1) is 0 Å². The van der Waals surface area contributed by atoms with Crippen molar-refractivity contribution in [3.63, 3.8) is 0 Å². The van der Waals surface area contributed by atoms with E-state index in [4.69, 9.17) is 14.3 Å². The molecule has 1 N–H and O–H groups in total. The minimum absolute atomic E-state index is 0.130. The normalized spacial score (nSPS) is 12.5. The molecule has 0 aliphatic heterocycles. The fraction of sp³-hybridized carbons (Fsp3) is 0.778. The van der Waals surface area contributed by atoms with E-state index >= 15 is 0 Å². The minimum atomic E-state index is -3.46. The van der Waals surface area contributed by atoms with E-state index in [1.807, 2.05) is 0 Å². The quantitative estimate of drug-likeness (QED) is 0.236. The summed E-state index contributed by atoms with van der Waals surface area (Å²) in [5.74, 6) is -0.838. The molecular weight excluding hydrogens is 249 g/mol. The van der Waals surface area contributed by atoms with E-state index in [1.165, 1.54) is 0 Å². The molecule has 0 radical (unpaired) electrons. The molecule has 100 valence electrons. The van der Waals surface area contributed by atoms with E-state index in [0.717, 1.165) is 0 Å². The van der Waals surface area contributed by atoms with Gasteiger partial charge in [-0.05, 0) is 20.8 Å². The zero-order valence-electron chi connectivity index (χ0n) is 10.2. The van der Waals surface area contributed by atoms with Crippen LogP contribution in [0, 0.1) is 0 Å². The van der Waals surface area contributed by atoms with Crippen LogP contribution >= 0.6 is 7.60 Å². The summed E-state index contributed by atoms with van der Waals surface area (Å²) in [7, 11) is -3.46. The van der Waals surface area contributed by atoms with Crippen LogP contribution in [0.2, 0.25) is 0 Å². The van der Waals surface area contributed by atoms with Gasteiger partial charge in [0.05, 0.1) is 19.8 Å². The minimum Gasteiger partial charge on any atom is -0.461 e. The smallest absolute Gasteiger partial charge is 0.356 e. The number of esters is 1. The van der Waals surface area contributed by atoms with Gasteiger partial charge in [-0.1, -0.05) is 5.16 Å². The predicted molar refractivity (Wildman–Crippen MR) is 61.6 cm³/mol. The van der Waals surface area contributed by atoms with E-state index in [-0.39, 0.29) is 25.5 Å². The lowest BCUT2D eigenvalue weighted by Crippen LogP contribution is -2.22. The first kappa shape index (κ1) is 16.1. The summed E-state index contributed by atoms with van der Waals surface area (Å²) in [4.78, 5) is 11.3. The van der Waals surface area contributed by atoms with E-state index < -0.39 is 19.7 Å². The van der Waals surface area contributed by atoms with Crippen LogP contribution in [0.5, 0.6) is 0 Å². The highest BCUT2D eigenvalue weighted by molar-refractivity contribution is 7.55. The number of nitrogens with zero attached hydrogens (tertiary/aromatic N) is 1. The van der Waals surface area contributed by atoms with Gasteiger partial charge in [0.1, 0.15) is 6.16 Å². The van der Waals surface area contributed by atoms with E-state index in [2.05, 4.69) is 9.89 Å². The Morgan fingerprint density at radius 2 is 1.71 bits per heavy atom. The number of ether oxygens (including phenoxy) is 1. The molecule has 0 aliphatic rings. The van der Waals surface area contributed by atoms with Crippen LogP contribution in [0.15, 0.2) is 5.16 Å². The van der Waals surface area contributed by atoms with Crippen LogP contribution in [0.25, 0.3) is 0 Å². The molecule has 0 aromatic rings. The lowest BCUT2D eigenvalue weighted by Gasteiger charge is -2.16. The third kappa shape index (κ3) is 5.81. The maximum absolute atomic E-state index is 12.0. The van der Waals surface area contributed by atoms with Crippen molar-refractivity contribution in [2.75, 3.05) is 26.0 Å². The topological polar surface area (TPSA) is 94.4 Å². The summed E-state index contributed by atoms with van der Waals surface area (Å²) in [6.45, 7) is 5.36. The largest absolute Gasteiger partial charge is 0.461 e. The second-order valence-electron chi connectivity index (χ2n) is 2.87. The Kier molecular flexibility index (Phi) is 7.78. The van der Waals surface area contributed by atoms with Crippen LogP contribution in [0.1, 0.15) is 20.8 Å². The number of rotatable bonds is 8. The van der Waals surface area contributed by atoms with Crippen LogP contribution in [0.3, 0.4) is 0 Å². The number of hydrogen-bond donors (Lipinski definition) is 1. The van der Waals surface area contributed by atoms with Crippen molar-refractivity contribution in [1.82, 2.24) is 0 Å². The fourth-order valence-corrected chi connectivity index (χ4v) is 2.66. The molecule has 0 spiro atoms. The molecule has 0 bridgehead atoms. The average molecular weight is 267 g/mol. The molecule has 0 saturated carbocycles. The van der Waals surface area contributed by atoms with Gasteiger partial charge in [-0.2, -0.15) is 0 Å². The van der Waals surface area contributed by atoms with Gasteiger partial charge < -0.3 is 19.0 Å². The molecule has 0 unspecified atom stereocenters. The van der Waals surface area contributed by atoms with Crippen molar-refractivity contribution in [2.24, 2.45) is 5.16 Å².